The van der Waals surface area contributed by atoms with Crippen molar-refractivity contribution in [1.29, 1.82) is 0 Å². The number of piperidine rings is 1. The summed E-state index contributed by atoms with van der Waals surface area (Å²) < 4.78 is 0. The molecular weight excluding hydrogens is 326 g/mol. The van der Waals surface area contributed by atoms with Gasteiger partial charge < -0.3 is 4.90 Å². The van der Waals surface area contributed by atoms with Crippen molar-refractivity contribution in [2.75, 3.05) is 13.1 Å². The van der Waals surface area contributed by atoms with Gasteiger partial charge in [-0.15, -0.1) is 0 Å². The molecule has 5 heteroatoms. The lowest BCUT2D eigenvalue weighted by Gasteiger charge is -2.32. The highest BCUT2D eigenvalue weighted by Crippen LogP contribution is 2.28. The van der Waals surface area contributed by atoms with Crippen LogP contribution in [0.4, 0.5) is 0 Å². The molecule has 1 amide bonds. The minimum atomic E-state index is -0.222. The second-order valence-corrected chi connectivity index (χ2v) is 6.79. The molecule has 1 saturated heterocycles. The number of likely N-dealkylation sites (tertiary alicyclic amines) is 1. The lowest BCUT2D eigenvalue weighted by atomic mass is 9.89. The monoisotopic (exact) mass is 347 g/mol. The van der Waals surface area contributed by atoms with Gasteiger partial charge in [0.25, 0.3) is 5.56 Å². The van der Waals surface area contributed by atoms with Crippen molar-refractivity contribution in [3.63, 3.8) is 0 Å². The highest BCUT2D eigenvalue weighted by Gasteiger charge is 2.24. The molecule has 0 radical (unpaired) electrons. The molecule has 0 atom stereocenters. The summed E-state index contributed by atoms with van der Waals surface area (Å²) >= 11 is 0. The Morgan fingerprint density at radius 2 is 1.65 bits per heavy atom. The predicted octanol–water partition coefficient (Wildman–Crippen LogP) is 2.87. The van der Waals surface area contributed by atoms with Gasteiger partial charge in [-0.05, 0) is 30.4 Å². The molecule has 3 aromatic rings. The summed E-state index contributed by atoms with van der Waals surface area (Å²) in [5.41, 5.74) is 1.77. The molecule has 2 aromatic carbocycles. The first-order valence-corrected chi connectivity index (χ1v) is 9.01. The van der Waals surface area contributed by atoms with Gasteiger partial charge in [0, 0.05) is 18.5 Å². The van der Waals surface area contributed by atoms with E-state index in [1.54, 1.807) is 6.07 Å². The number of hydrogen-bond acceptors (Lipinski definition) is 3. The van der Waals surface area contributed by atoms with E-state index in [-0.39, 0.29) is 17.9 Å². The number of aromatic nitrogens is 2. The standard InChI is InChI=1S/C21H21N3O2/c25-20(14-19-17-8-4-5-9-18(17)21(26)23-22-19)24-12-10-16(11-13-24)15-6-2-1-3-7-15/h1-9,16H,10-14H2,(H,23,26). The first-order chi connectivity index (χ1) is 12.7. The number of aromatic amines is 1. The van der Waals surface area contributed by atoms with Crippen molar-refractivity contribution in [3.8, 4) is 0 Å². The summed E-state index contributed by atoms with van der Waals surface area (Å²) in [4.78, 5) is 26.5. The van der Waals surface area contributed by atoms with Gasteiger partial charge in [-0.1, -0.05) is 48.5 Å². The molecule has 0 unspecified atom stereocenters. The van der Waals surface area contributed by atoms with Crippen molar-refractivity contribution >= 4 is 16.7 Å². The molecule has 5 nitrogen and oxygen atoms in total. The molecule has 0 aliphatic carbocycles. The van der Waals surface area contributed by atoms with Gasteiger partial charge in [0.1, 0.15) is 0 Å². The molecule has 0 saturated carbocycles. The smallest absolute Gasteiger partial charge is 0.272 e. The van der Waals surface area contributed by atoms with Crippen molar-refractivity contribution < 1.29 is 4.79 Å². The third kappa shape index (κ3) is 3.25. The normalized spacial score (nSPS) is 15.3. The SMILES string of the molecule is O=C(Cc1n[nH]c(=O)c2ccccc12)N1CCC(c2ccccc2)CC1. The van der Waals surface area contributed by atoms with E-state index in [2.05, 4.69) is 34.5 Å². The second kappa shape index (κ2) is 7.12. The maximum atomic E-state index is 12.7. The average molecular weight is 347 g/mol. The van der Waals surface area contributed by atoms with Crippen LogP contribution in [0.3, 0.4) is 0 Å². The summed E-state index contributed by atoms with van der Waals surface area (Å²) in [6.07, 6.45) is 2.18. The maximum absolute atomic E-state index is 12.7. The second-order valence-electron chi connectivity index (χ2n) is 6.79. The van der Waals surface area contributed by atoms with Crippen LogP contribution in [0.2, 0.25) is 0 Å². The summed E-state index contributed by atoms with van der Waals surface area (Å²) in [5, 5.41) is 7.95. The predicted molar refractivity (Wildman–Crippen MR) is 101 cm³/mol. The maximum Gasteiger partial charge on any atom is 0.272 e. The summed E-state index contributed by atoms with van der Waals surface area (Å²) in [6, 6.07) is 17.8. The topological polar surface area (TPSA) is 66.1 Å². The Bertz CT molecular complexity index is 973. The quantitative estimate of drug-likeness (QED) is 0.792. The first-order valence-electron chi connectivity index (χ1n) is 9.01. The number of amides is 1. The van der Waals surface area contributed by atoms with E-state index in [4.69, 9.17) is 0 Å². The fraction of sp³-hybridized carbons (Fsp3) is 0.286. The number of nitrogens with zero attached hydrogens (tertiary/aromatic N) is 2. The molecule has 1 aliphatic rings. The molecule has 2 heterocycles. The van der Waals surface area contributed by atoms with Gasteiger partial charge in [-0.2, -0.15) is 5.10 Å². The Hall–Kier alpha value is -2.95. The number of fused-ring (bicyclic) bond motifs is 1. The van der Waals surface area contributed by atoms with E-state index in [1.165, 1.54) is 5.56 Å². The Morgan fingerprint density at radius 1 is 1.00 bits per heavy atom. The molecule has 4 rings (SSSR count). The zero-order valence-corrected chi connectivity index (χ0v) is 14.5. The Kier molecular flexibility index (Phi) is 4.52. The Balaban J connectivity index is 1.45. The van der Waals surface area contributed by atoms with Crippen LogP contribution in [0.15, 0.2) is 59.4 Å². The Labute approximate surface area is 151 Å². The molecule has 26 heavy (non-hydrogen) atoms. The van der Waals surface area contributed by atoms with Gasteiger partial charge >= 0.3 is 0 Å². The highest BCUT2D eigenvalue weighted by atomic mass is 16.2. The van der Waals surface area contributed by atoms with Crippen LogP contribution < -0.4 is 5.56 Å². The molecule has 1 N–H and O–H groups in total. The van der Waals surface area contributed by atoms with Gasteiger partial charge in [0.2, 0.25) is 5.91 Å². The van der Waals surface area contributed by atoms with Crippen molar-refractivity contribution in [2.24, 2.45) is 0 Å². The zero-order valence-electron chi connectivity index (χ0n) is 14.5. The zero-order chi connectivity index (χ0) is 17.9. The lowest BCUT2D eigenvalue weighted by Crippen LogP contribution is -2.39. The summed E-state index contributed by atoms with van der Waals surface area (Å²) in [5.74, 6) is 0.591. The first kappa shape index (κ1) is 16.5. The molecule has 0 bridgehead atoms. The van der Waals surface area contributed by atoms with Crippen LogP contribution in [0.1, 0.15) is 30.0 Å². The van der Waals surface area contributed by atoms with Crippen LogP contribution in [-0.4, -0.2) is 34.1 Å². The number of carbonyl (C=O) groups excluding carboxylic acids is 1. The number of H-pyrrole nitrogens is 1. The average Bonchev–Trinajstić information content (AvgIpc) is 2.71. The van der Waals surface area contributed by atoms with Crippen molar-refractivity contribution in [3.05, 3.63) is 76.2 Å². The van der Waals surface area contributed by atoms with E-state index in [0.717, 1.165) is 31.3 Å². The van der Waals surface area contributed by atoms with Crippen LogP contribution >= 0.6 is 0 Å². The number of benzene rings is 2. The van der Waals surface area contributed by atoms with Crippen molar-refractivity contribution in [2.45, 2.75) is 25.2 Å². The van der Waals surface area contributed by atoms with Gasteiger partial charge in [0.15, 0.2) is 0 Å². The fourth-order valence-electron chi connectivity index (χ4n) is 3.75. The van der Waals surface area contributed by atoms with Crippen molar-refractivity contribution in [1.82, 2.24) is 15.1 Å². The molecule has 132 valence electrons. The van der Waals surface area contributed by atoms with Crippen LogP contribution in [0, 0.1) is 0 Å². The van der Waals surface area contributed by atoms with Gasteiger partial charge in [0.05, 0.1) is 17.5 Å². The number of carbonyl (C=O) groups is 1. The van der Waals surface area contributed by atoms with E-state index in [1.807, 2.05) is 29.2 Å². The minimum absolute atomic E-state index is 0.0706. The van der Waals surface area contributed by atoms with Crippen LogP contribution in [0.25, 0.3) is 10.8 Å². The Morgan fingerprint density at radius 3 is 2.38 bits per heavy atom. The molecule has 1 fully saturated rings. The van der Waals surface area contributed by atoms with Crippen LogP contribution in [-0.2, 0) is 11.2 Å². The molecular formula is C21H21N3O2. The van der Waals surface area contributed by atoms with Crippen LogP contribution in [0.5, 0.6) is 0 Å². The summed E-state index contributed by atoms with van der Waals surface area (Å²) in [7, 11) is 0. The van der Waals surface area contributed by atoms with E-state index < -0.39 is 0 Å². The third-order valence-electron chi connectivity index (χ3n) is 5.21. The van der Waals surface area contributed by atoms with E-state index in [9.17, 15) is 9.59 Å². The molecule has 1 aliphatic heterocycles. The lowest BCUT2D eigenvalue weighted by molar-refractivity contribution is -0.131. The highest BCUT2D eigenvalue weighted by molar-refractivity contribution is 5.88. The largest absolute Gasteiger partial charge is 0.342 e. The minimum Gasteiger partial charge on any atom is -0.342 e. The van der Waals surface area contributed by atoms with E-state index in [0.29, 0.717) is 17.0 Å². The number of rotatable bonds is 3. The third-order valence-corrected chi connectivity index (χ3v) is 5.21. The fourth-order valence-corrected chi connectivity index (χ4v) is 3.75. The van der Waals surface area contributed by atoms with Gasteiger partial charge in [-0.3, -0.25) is 9.59 Å². The molecule has 0 spiro atoms. The number of nitrogens with one attached hydrogen (secondary N) is 1. The van der Waals surface area contributed by atoms with Gasteiger partial charge in [-0.25, -0.2) is 5.10 Å². The number of hydrogen-bond donors (Lipinski definition) is 1. The summed E-state index contributed by atoms with van der Waals surface area (Å²) in [6.45, 7) is 1.53. The van der Waals surface area contributed by atoms with E-state index >= 15 is 0 Å². The molecule has 1 aromatic heterocycles.